The van der Waals surface area contributed by atoms with Crippen molar-refractivity contribution in [3.63, 3.8) is 0 Å². The first-order valence-electron chi connectivity index (χ1n) is 7.12. The van der Waals surface area contributed by atoms with Gasteiger partial charge in [-0.25, -0.2) is 4.98 Å². The summed E-state index contributed by atoms with van der Waals surface area (Å²) in [5.41, 5.74) is 1.28. The molecule has 2 aromatic rings. The fraction of sp³-hybridized carbons (Fsp3) is 0.333. The molecule has 0 bridgehead atoms. The average Bonchev–Trinajstić information content (AvgIpc) is 3.24. The van der Waals surface area contributed by atoms with Crippen molar-refractivity contribution >= 4 is 5.91 Å². The van der Waals surface area contributed by atoms with E-state index in [1.54, 1.807) is 29.3 Å². The van der Waals surface area contributed by atoms with Gasteiger partial charge in [-0.1, -0.05) is 5.16 Å². The van der Waals surface area contributed by atoms with Crippen molar-refractivity contribution in [1.29, 1.82) is 5.26 Å². The number of methoxy groups -OCH3 is 1. The van der Waals surface area contributed by atoms with Gasteiger partial charge in [0.05, 0.1) is 7.11 Å². The topological polar surface area (TPSA) is 104 Å². The SMILES string of the molecule is COc1cc(-c2cc(C(=O)NC3CCN(C#N)C3)on2)ccn1. The molecular weight excluding hydrogens is 298 g/mol. The second-order valence-corrected chi connectivity index (χ2v) is 5.17. The molecule has 0 aromatic carbocycles. The van der Waals surface area contributed by atoms with Crippen LogP contribution in [-0.2, 0) is 0 Å². The van der Waals surface area contributed by atoms with E-state index in [0.717, 1.165) is 12.0 Å². The first-order chi connectivity index (χ1) is 11.2. The number of nitrogens with one attached hydrogen (secondary N) is 1. The fourth-order valence-corrected chi connectivity index (χ4v) is 2.42. The third kappa shape index (κ3) is 3.23. The summed E-state index contributed by atoms with van der Waals surface area (Å²) >= 11 is 0. The van der Waals surface area contributed by atoms with Crippen molar-refractivity contribution in [2.45, 2.75) is 12.5 Å². The number of ether oxygens (including phenoxy) is 1. The molecule has 2 aromatic heterocycles. The Morgan fingerprint density at radius 1 is 1.57 bits per heavy atom. The molecule has 1 aliphatic rings. The highest BCUT2D eigenvalue weighted by atomic mass is 16.5. The number of likely N-dealkylation sites (tertiary alicyclic amines) is 1. The summed E-state index contributed by atoms with van der Waals surface area (Å²) in [4.78, 5) is 17.8. The number of hydrogen-bond donors (Lipinski definition) is 1. The van der Waals surface area contributed by atoms with E-state index in [1.165, 1.54) is 7.11 Å². The summed E-state index contributed by atoms with van der Waals surface area (Å²) in [6.07, 6.45) is 4.40. The number of nitrogens with zero attached hydrogens (tertiary/aromatic N) is 4. The molecule has 1 atom stereocenters. The molecule has 8 nitrogen and oxygen atoms in total. The van der Waals surface area contributed by atoms with Crippen LogP contribution in [0, 0.1) is 11.5 Å². The number of rotatable bonds is 4. The standard InChI is InChI=1S/C15H15N5O3/c1-22-14-6-10(2-4-17-14)12-7-13(23-19-12)15(21)18-11-3-5-20(8-11)9-16/h2,4,6-7,11H,3,5,8H2,1H3,(H,18,21). The van der Waals surface area contributed by atoms with Crippen molar-refractivity contribution in [1.82, 2.24) is 20.4 Å². The summed E-state index contributed by atoms with van der Waals surface area (Å²) in [6, 6.07) is 4.98. The van der Waals surface area contributed by atoms with Crippen LogP contribution in [0.3, 0.4) is 0 Å². The smallest absolute Gasteiger partial charge is 0.290 e. The van der Waals surface area contributed by atoms with Crippen LogP contribution in [0.5, 0.6) is 5.88 Å². The van der Waals surface area contributed by atoms with E-state index in [2.05, 4.69) is 21.7 Å². The van der Waals surface area contributed by atoms with Gasteiger partial charge in [0, 0.05) is 43.0 Å². The van der Waals surface area contributed by atoms with Crippen LogP contribution in [-0.4, -0.2) is 47.2 Å². The van der Waals surface area contributed by atoms with Crippen LogP contribution < -0.4 is 10.1 Å². The molecule has 3 rings (SSSR count). The van der Waals surface area contributed by atoms with Crippen LogP contribution in [0.4, 0.5) is 0 Å². The lowest BCUT2D eigenvalue weighted by Crippen LogP contribution is -2.36. The zero-order valence-corrected chi connectivity index (χ0v) is 12.5. The Morgan fingerprint density at radius 3 is 3.17 bits per heavy atom. The molecule has 1 N–H and O–H groups in total. The lowest BCUT2D eigenvalue weighted by atomic mass is 10.2. The van der Waals surface area contributed by atoms with Crippen LogP contribution >= 0.6 is 0 Å². The minimum Gasteiger partial charge on any atom is -0.481 e. The summed E-state index contributed by atoms with van der Waals surface area (Å²) in [5, 5.41) is 15.6. The highest BCUT2D eigenvalue weighted by molar-refractivity contribution is 5.92. The van der Waals surface area contributed by atoms with Crippen molar-refractivity contribution in [2.75, 3.05) is 20.2 Å². The third-order valence-corrected chi connectivity index (χ3v) is 3.64. The maximum atomic E-state index is 12.2. The third-order valence-electron chi connectivity index (χ3n) is 3.64. The number of carbonyl (C=O) groups is 1. The Kier molecular flexibility index (Phi) is 4.10. The zero-order chi connectivity index (χ0) is 16.2. The number of hydrogen-bond acceptors (Lipinski definition) is 7. The normalized spacial score (nSPS) is 16.9. The first-order valence-corrected chi connectivity index (χ1v) is 7.12. The minimum absolute atomic E-state index is 0.0586. The first kappa shape index (κ1) is 14.8. The van der Waals surface area contributed by atoms with E-state index in [9.17, 15) is 4.79 Å². The van der Waals surface area contributed by atoms with Gasteiger partial charge in [0.1, 0.15) is 5.69 Å². The van der Waals surface area contributed by atoms with Crippen LogP contribution in [0.15, 0.2) is 28.9 Å². The monoisotopic (exact) mass is 313 g/mol. The quantitative estimate of drug-likeness (QED) is 0.840. The van der Waals surface area contributed by atoms with E-state index < -0.39 is 0 Å². The van der Waals surface area contributed by atoms with E-state index in [1.807, 2.05) is 0 Å². The maximum absolute atomic E-state index is 12.2. The fourth-order valence-electron chi connectivity index (χ4n) is 2.42. The lowest BCUT2D eigenvalue weighted by Gasteiger charge is -2.10. The summed E-state index contributed by atoms with van der Waals surface area (Å²) in [6.45, 7) is 1.17. The maximum Gasteiger partial charge on any atom is 0.290 e. The van der Waals surface area contributed by atoms with Gasteiger partial charge in [0.15, 0.2) is 6.19 Å². The highest BCUT2D eigenvalue weighted by Crippen LogP contribution is 2.22. The Balaban J connectivity index is 1.69. The van der Waals surface area contributed by atoms with Gasteiger partial charge in [-0.2, -0.15) is 5.26 Å². The molecule has 23 heavy (non-hydrogen) atoms. The van der Waals surface area contributed by atoms with Gasteiger partial charge in [-0.05, 0) is 12.5 Å². The summed E-state index contributed by atoms with van der Waals surface area (Å²) in [5.74, 6) is 0.250. The van der Waals surface area contributed by atoms with Crippen molar-refractivity contribution in [3.05, 3.63) is 30.2 Å². The molecule has 8 heteroatoms. The molecule has 1 amide bonds. The molecule has 0 spiro atoms. The minimum atomic E-state index is -0.338. The largest absolute Gasteiger partial charge is 0.481 e. The van der Waals surface area contributed by atoms with Crippen molar-refractivity contribution in [3.8, 4) is 23.3 Å². The number of amides is 1. The number of carbonyl (C=O) groups excluding carboxylic acids is 1. The summed E-state index contributed by atoms with van der Waals surface area (Å²) in [7, 11) is 1.53. The molecule has 118 valence electrons. The molecule has 0 radical (unpaired) electrons. The Morgan fingerprint density at radius 2 is 2.43 bits per heavy atom. The van der Waals surface area contributed by atoms with Gasteiger partial charge in [0.25, 0.3) is 5.91 Å². The predicted molar refractivity (Wildman–Crippen MR) is 79.3 cm³/mol. The Bertz CT molecular complexity index is 752. The van der Waals surface area contributed by atoms with Crippen LogP contribution in [0.1, 0.15) is 17.0 Å². The van der Waals surface area contributed by atoms with Gasteiger partial charge < -0.3 is 19.5 Å². The van der Waals surface area contributed by atoms with E-state index in [4.69, 9.17) is 14.5 Å². The van der Waals surface area contributed by atoms with Gasteiger partial charge >= 0.3 is 0 Å². The number of aromatic nitrogens is 2. The number of pyridine rings is 1. The second kappa shape index (κ2) is 6.36. The molecule has 1 fully saturated rings. The van der Waals surface area contributed by atoms with E-state index in [-0.39, 0.29) is 17.7 Å². The van der Waals surface area contributed by atoms with E-state index in [0.29, 0.717) is 24.7 Å². The average molecular weight is 313 g/mol. The molecule has 1 aliphatic heterocycles. The number of nitriles is 1. The van der Waals surface area contributed by atoms with Crippen LogP contribution in [0.25, 0.3) is 11.3 Å². The molecule has 0 saturated carbocycles. The van der Waals surface area contributed by atoms with Gasteiger partial charge in [-0.15, -0.1) is 0 Å². The zero-order valence-electron chi connectivity index (χ0n) is 12.5. The summed E-state index contributed by atoms with van der Waals surface area (Å²) < 4.78 is 10.2. The molecule has 1 saturated heterocycles. The van der Waals surface area contributed by atoms with Crippen molar-refractivity contribution in [2.24, 2.45) is 0 Å². The predicted octanol–water partition coefficient (Wildman–Crippen LogP) is 1.03. The second-order valence-electron chi connectivity index (χ2n) is 5.17. The van der Waals surface area contributed by atoms with Crippen LogP contribution in [0.2, 0.25) is 0 Å². The molecule has 0 aliphatic carbocycles. The van der Waals surface area contributed by atoms with Crippen molar-refractivity contribution < 1.29 is 14.1 Å². The van der Waals surface area contributed by atoms with Gasteiger partial charge in [-0.3, -0.25) is 4.79 Å². The lowest BCUT2D eigenvalue weighted by molar-refractivity contribution is 0.0901. The van der Waals surface area contributed by atoms with E-state index >= 15 is 0 Å². The highest BCUT2D eigenvalue weighted by Gasteiger charge is 2.25. The molecule has 3 heterocycles. The molecule has 1 unspecified atom stereocenters. The molecular formula is C15H15N5O3. The van der Waals surface area contributed by atoms with Gasteiger partial charge in [0.2, 0.25) is 11.6 Å². The Hall–Kier alpha value is -3.08. The Labute approximate surface area is 132 Å².